The highest BCUT2D eigenvalue weighted by Gasteiger charge is 2.35. The molecule has 0 spiro atoms. The van der Waals surface area contributed by atoms with Crippen LogP contribution >= 0.6 is 0 Å². The molecule has 1 saturated carbocycles. The van der Waals surface area contributed by atoms with E-state index >= 15 is 0 Å². The summed E-state index contributed by atoms with van der Waals surface area (Å²) in [5, 5.41) is 12.1. The molecule has 0 atom stereocenters. The molecule has 1 aliphatic rings. The molecule has 1 fully saturated rings. The third-order valence-electron chi connectivity index (χ3n) is 4.87. The normalized spacial score (nSPS) is 19.4. The molecule has 1 aromatic rings. The summed E-state index contributed by atoms with van der Waals surface area (Å²) in [6, 6.07) is 10.3. The molecule has 0 aliphatic heterocycles. The summed E-state index contributed by atoms with van der Waals surface area (Å²) in [6.45, 7) is 10.4. The Morgan fingerprint density at radius 2 is 1.81 bits per heavy atom. The molecule has 0 saturated heterocycles. The number of carboxylic acids is 1. The number of carbonyl (C=O) groups is 2. The van der Waals surface area contributed by atoms with Crippen LogP contribution in [0.2, 0.25) is 0 Å². The van der Waals surface area contributed by atoms with Gasteiger partial charge in [-0.25, -0.2) is 4.79 Å². The largest absolute Gasteiger partial charge is 0.480 e. The second kappa shape index (κ2) is 9.22. The van der Waals surface area contributed by atoms with Crippen molar-refractivity contribution in [3.05, 3.63) is 35.9 Å². The van der Waals surface area contributed by atoms with Gasteiger partial charge in [-0.15, -0.1) is 0 Å². The fourth-order valence-corrected chi connectivity index (χ4v) is 3.52. The van der Waals surface area contributed by atoms with E-state index in [9.17, 15) is 9.59 Å². The zero-order valence-electron chi connectivity index (χ0n) is 16.9. The minimum atomic E-state index is -0.802. The van der Waals surface area contributed by atoms with Crippen molar-refractivity contribution in [3.63, 3.8) is 0 Å². The summed E-state index contributed by atoms with van der Waals surface area (Å²) in [5.41, 5.74) is 1.12. The summed E-state index contributed by atoms with van der Waals surface area (Å²) < 4.78 is 0. The third kappa shape index (κ3) is 6.86. The predicted octanol–water partition coefficient (Wildman–Crippen LogP) is 3.18. The number of carboxylic acid groups (broad SMARTS) is 1. The molecular formula is C21H33N3O3. The number of benzene rings is 1. The van der Waals surface area contributed by atoms with Crippen molar-refractivity contribution in [1.82, 2.24) is 15.1 Å². The highest BCUT2D eigenvalue weighted by atomic mass is 16.4. The number of hydrogen-bond donors (Lipinski definition) is 2. The Labute approximate surface area is 162 Å². The quantitative estimate of drug-likeness (QED) is 0.732. The van der Waals surface area contributed by atoms with Gasteiger partial charge in [0.2, 0.25) is 0 Å². The first-order valence-electron chi connectivity index (χ1n) is 9.73. The smallest absolute Gasteiger partial charge is 0.317 e. The Morgan fingerprint density at radius 3 is 2.33 bits per heavy atom. The van der Waals surface area contributed by atoms with Crippen LogP contribution in [0, 0.1) is 5.41 Å². The molecule has 6 nitrogen and oxygen atoms in total. The van der Waals surface area contributed by atoms with Crippen LogP contribution in [0.15, 0.2) is 30.3 Å². The van der Waals surface area contributed by atoms with E-state index in [1.807, 2.05) is 47.1 Å². The lowest BCUT2D eigenvalue weighted by Crippen LogP contribution is -2.57. The second-order valence-electron chi connectivity index (χ2n) is 8.63. The van der Waals surface area contributed by atoms with Crippen molar-refractivity contribution in [2.45, 2.75) is 59.2 Å². The number of urea groups is 1. The maximum Gasteiger partial charge on any atom is 0.317 e. The first-order chi connectivity index (χ1) is 12.7. The number of nitrogens with one attached hydrogen (secondary N) is 1. The Morgan fingerprint density at radius 1 is 1.19 bits per heavy atom. The molecule has 2 N–H and O–H groups in total. The van der Waals surface area contributed by atoms with E-state index in [0.29, 0.717) is 19.6 Å². The topological polar surface area (TPSA) is 72.9 Å². The molecule has 2 rings (SSSR count). The SMILES string of the molecule is CCN(CC(=O)O)C1CC(NC(=O)N(Cc2ccccc2)CC(C)(C)C)C1. The number of amides is 2. The Hall–Kier alpha value is -2.08. The Balaban J connectivity index is 1.91. The summed E-state index contributed by atoms with van der Waals surface area (Å²) in [7, 11) is 0. The third-order valence-corrected chi connectivity index (χ3v) is 4.87. The van der Waals surface area contributed by atoms with Crippen molar-refractivity contribution < 1.29 is 14.7 Å². The van der Waals surface area contributed by atoms with E-state index in [1.54, 1.807) is 0 Å². The zero-order valence-corrected chi connectivity index (χ0v) is 16.9. The fourth-order valence-electron chi connectivity index (χ4n) is 3.52. The van der Waals surface area contributed by atoms with Gasteiger partial charge < -0.3 is 15.3 Å². The molecule has 1 aromatic carbocycles. The van der Waals surface area contributed by atoms with Crippen LogP contribution in [0.5, 0.6) is 0 Å². The fraction of sp³-hybridized carbons (Fsp3) is 0.619. The molecule has 0 unspecified atom stereocenters. The number of carbonyl (C=O) groups excluding carboxylic acids is 1. The lowest BCUT2D eigenvalue weighted by Gasteiger charge is -2.43. The molecular weight excluding hydrogens is 342 g/mol. The van der Waals surface area contributed by atoms with Gasteiger partial charge in [0.15, 0.2) is 0 Å². The number of hydrogen-bond acceptors (Lipinski definition) is 3. The number of nitrogens with zero attached hydrogens (tertiary/aromatic N) is 2. The summed E-state index contributed by atoms with van der Waals surface area (Å²) in [4.78, 5) is 27.6. The van der Waals surface area contributed by atoms with E-state index in [2.05, 4.69) is 26.1 Å². The van der Waals surface area contributed by atoms with E-state index < -0.39 is 5.97 Å². The molecule has 0 aromatic heterocycles. The van der Waals surface area contributed by atoms with Gasteiger partial charge in [-0.05, 0) is 30.4 Å². The first kappa shape index (κ1) is 21.2. The minimum absolute atomic E-state index is 0.00870. The molecule has 0 bridgehead atoms. The van der Waals surface area contributed by atoms with Gasteiger partial charge in [-0.2, -0.15) is 0 Å². The van der Waals surface area contributed by atoms with Crippen LogP contribution < -0.4 is 5.32 Å². The van der Waals surface area contributed by atoms with Crippen LogP contribution in [0.1, 0.15) is 46.1 Å². The van der Waals surface area contributed by atoms with Crippen LogP contribution in [-0.4, -0.2) is 58.6 Å². The summed E-state index contributed by atoms with van der Waals surface area (Å²) in [6.07, 6.45) is 1.61. The molecule has 2 amide bonds. The lowest BCUT2D eigenvalue weighted by atomic mass is 9.85. The highest BCUT2D eigenvalue weighted by Crippen LogP contribution is 2.26. The number of aliphatic carboxylic acids is 1. The predicted molar refractivity (Wildman–Crippen MR) is 107 cm³/mol. The van der Waals surface area contributed by atoms with Crippen LogP contribution in [0.25, 0.3) is 0 Å². The second-order valence-corrected chi connectivity index (χ2v) is 8.63. The monoisotopic (exact) mass is 375 g/mol. The Kier molecular flexibility index (Phi) is 7.25. The maximum atomic E-state index is 12.9. The molecule has 150 valence electrons. The highest BCUT2D eigenvalue weighted by molar-refractivity contribution is 5.74. The maximum absolute atomic E-state index is 12.9. The van der Waals surface area contributed by atoms with E-state index in [0.717, 1.165) is 18.4 Å². The van der Waals surface area contributed by atoms with Gasteiger partial charge in [0.1, 0.15) is 0 Å². The van der Waals surface area contributed by atoms with Crippen molar-refractivity contribution in [2.75, 3.05) is 19.6 Å². The van der Waals surface area contributed by atoms with Gasteiger partial charge >= 0.3 is 12.0 Å². The summed E-state index contributed by atoms with van der Waals surface area (Å²) >= 11 is 0. The molecule has 6 heteroatoms. The molecule has 1 aliphatic carbocycles. The first-order valence-corrected chi connectivity index (χ1v) is 9.73. The van der Waals surface area contributed by atoms with Gasteiger partial charge in [-0.1, -0.05) is 58.0 Å². The zero-order chi connectivity index (χ0) is 20.0. The van der Waals surface area contributed by atoms with Crippen LogP contribution in [0.4, 0.5) is 4.79 Å². The van der Waals surface area contributed by atoms with Gasteiger partial charge in [0.25, 0.3) is 0 Å². The van der Waals surface area contributed by atoms with Gasteiger partial charge in [0, 0.05) is 25.2 Å². The average molecular weight is 376 g/mol. The van der Waals surface area contributed by atoms with E-state index in [1.165, 1.54) is 0 Å². The van der Waals surface area contributed by atoms with E-state index in [4.69, 9.17) is 5.11 Å². The number of likely N-dealkylation sites (N-methyl/N-ethyl adjacent to an activating group) is 1. The van der Waals surface area contributed by atoms with Crippen LogP contribution in [-0.2, 0) is 11.3 Å². The minimum Gasteiger partial charge on any atom is -0.480 e. The number of rotatable bonds is 8. The lowest BCUT2D eigenvalue weighted by molar-refractivity contribution is -0.139. The van der Waals surface area contributed by atoms with Crippen LogP contribution in [0.3, 0.4) is 0 Å². The van der Waals surface area contributed by atoms with Gasteiger partial charge in [0.05, 0.1) is 6.54 Å². The Bertz CT molecular complexity index is 621. The standard InChI is InChI=1S/C21H33N3O3/c1-5-23(14-19(25)26)18-11-17(12-18)22-20(27)24(15-21(2,3)4)13-16-9-7-6-8-10-16/h6-10,17-18H,5,11-15H2,1-4H3,(H,22,27)(H,25,26). The summed E-state index contributed by atoms with van der Waals surface area (Å²) in [5.74, 6) is -0.802. The van der Waals surface area contributed by atoms with E-state index in [-0.39, 0.29) is 30.1 Å². The van der Waals surface area contributed by atoms with Gasteiger partial charge in [-0.3, -0.25) is 9.69 Å². The van der Waals surface area contributed by atoms with Crippen molar-refractivity contribution in [3.8, 4) is 0 Å². The molecule has 0 heterocycles. The molecule has 0 radical (unpaired) electrons. The van der Waals surface area contributed by atoms with Crippen molar-refractivity contribution in [2.24, 2.45) is 5.41 Å². The van der Waals surface area contributed by atoms with Crippen molar-refractivity contribution >= 4 is 12.0 Å². The molecule has 27 heavy (non-hydrogen) atoms. The average Bonchev–Trinajstić information content (AvgIpc) is 2.54. The van der Waals surface area contributed by atoms with Crippen molar-refractivity contribution in [1.29, 1.82) is 0 Å².